The fraction of sp³-hybridized carbons (Fsp3) is 0.929. The van der Waals surface area contributed by atoms with E-state index in [4.69, 9.17) is 10.5 Å². The van der Waals surface area contributed by atoms with Crippen molar-refractivity contribution in [3.63, 3.8) is 0 Å². The SMILES string of the molecule is CC(N)CCC(=O)NCC1(N2CCOCC2)CCSC1.Cl.Cl. The standard InChI is InChI=1S/C14H27N3O2S.2ClH/c1-12(15)2-3-13(18)16-10-14(4-9-20-11-14)17-5-7-19-8-6-17;;/h12H,2-11,15H2,1H3,(H,16,18);2*1H. The molecule has 2 aliphatic heterocycles. The van der Waals surface area contributed by atoms with E-state index in [-0.39, 0.29) is 42.3 Å². The Morgan fingerprint density at radius 1 is 1.41 bits per heavy atom. The van der Waals surface area contributed by atoms with Gasteiger partial charge in [-0.1, -0.05) is 0 Å². The van der Waals surface area contributed by atoms with E-state index in [1.807, 2.05) is 18.7 Å². The van der Waals surface area contributed by atoms with Crippen LogP contribution in [0.3, 0.4) is 0 Å². The Morgan fingerprint density at radius 2 is 2.09 bits per heavy atom. The lowest BCUT2D eigenvalue weighted by Crippen LogP contribution is -2.59. The lowest BCUT2D eigenvalue weighted by molar-refractivity contribution is -0.122. The van der Waals surface area contributed by atoms with Crippen molar-refractivity contribution in [1.29, 1.82) is 0 Å². The van der Waals surface area contributed by atoms with Crippen LogP contribution in [0.15, 0.2) is 0 Å². The van der Waals surface area contributed by atoms with E-state index in [2.05, 4.69) is 10.2 Å². The van der Waals surface area contributed by atoms with Crippen LogP contribution in [-0.2, 0) is 9.53 Å². The number of morpholine rings is 1. The molecule has 2 aliphatic rings. The molecule has 2 saturated heterocycles. The first-order chi connectivity index (χ1) is 9.62. The predicted molar refractivity (Wildman–Crippen MR) is 97.5 cm³/mol. The average Bonchev–Trinajstić information content (AvgIpc) is 2.94. The zero-order valence-corrected chi connectivity index (χ0v) is 15.7. The van der Waals surface area contributed by atoms with Crippen LogP contribution in [0, 0.1) is 0 Å². The van der Waals surface area contributed by atoms with Crippen molar-refractivity contribution in [1.82, 2.24) is 10.2 Å². The highest BCUT2D eigenvalue weighted by molar-refractivity contribution is 7.99. The fourth-order valence-corrected chi connectivity index (χ4v) is 4.32. The van der Waals surface area contributed by atoms with E-state index in [0.29, 0.717) is 6.42 Å². The first-order valence-electron chi connectivity index (χ1n) is 7.55. The predicted octanol–water partition coefficient (Wildman–Crippen LogP) is 1.28. The van der Waals surface area contributed by atoms with E-state index in [1.54, 1.807) is 0 Å². The smallest absolute Gasteiger partial charge is 0.220 e. The zero-order valence-electron chi connectivity index (χ0n) is 13.2. The van der Waals surface area contributed by atoms with Crippen molar-refractivity contribution in [2.24, 2.45) is 5.73 Å². The highest BCUT2D eigenvalue weighted by Gasteiger charge is 2.40. The molecule has 0 aromatic heterocycles. The number of carbonyl (C=O) groups is 1. The third-order valence-corrected chi connectivity index (χ3v) is 5.44. The Labute approximate surface area is 150 Å². The van der Waals surface area contributed by atoms with Crippen molar-refractivity contribution in [2.75, 3.05) is 44.4 Å². The van der Waals surface area contributed by atoms with Crippen LogP contribution in [0.25, 0.3) is 0 Å². The van der Waals surface area contributed by atoms with Crippen LogP contribution >= 0.6 is 36.6 Å². The minimum atomic E-state index is 0. The van der Waals surface area contributed by atoms with Crippen molar-refractivity contribution in [3.05, 3.63) is 0 Å². The molecule has 2 unspecified atom stereocenters. The number of amides is 1. The Kier molecular flexibility index (Phi) is 11.1. The highest BCUT2D eigenvalue weighted by atomic mass is 35.5. The largest absolute Gasteiger partial charge is 0.379 e. The van der Waals surface area contributed by atoms with Crippen molar-refractivity contribution in [3.8, 4) is 0 Å². The Morgan fingerprint density at radius 3 is 2.64 bits per heavy atom. The number of hydrogen-bond acceptors (Lipinski definition) is 5. The maximum atomic E-state index is 11.9. The summed E-state index contributed by atoms with van der Waals surface area (Å²) in [6, 6.07) is 0.0935. The van der Waals surface area contributed by atoms with Gasteiger partial charge < -0.3 is 15.8 Å². The number of nitrogens with zero attached hydrogens (tertiary/aromatic N) is 1. The number of nitrogens with one attached hydrogen (secondary N) is 1. The summed E-state index contributed by atoms with van der Waals surface area (Å²) >= 11 is 1.99. The third-order valence-electron chi connectivity index (χ3n) is 4.21. The molecule has 22 heavy (non-hydrogen) atoms. The first-order valence-corrected chi connectivity index (χ1v) is 8.71. The van der Waals surface area contributed by atoms with Crippen LogP contribution < -0.4 is 11.1 Å². The summed E-state index contributed by atoms with van der Waals surface area (Å²) in [4.78, 5) is 14.4. The molecular weight excluding hydrogens is 345 g/mol. The number of halogens is 2. The molecule has 2 rings (SSSR count). The molecule has 0 bridgehead atoms. The molecule has 3 N–H and O–H groups in total. The molecule has 2 fully saturated rings. The maximum absolute atomic E-state index is 11.9. The van der Waals surface area contributed by atoms with E-state index in [9.17, 15) is 4.79 Å². The topological polar surface area (TPSA) is 67.6 Å². The monoisotopic (exact) mass is 373 g/mol. The molecule has 1 amide bonds. The summed E-state index contributed by atoms with van der Waals surface area (Å²) in [5.74, 6) is 2.43. The number of carbonyl (C=O) groups excluding carboxylic acids is 1. The Hall–Kier alpha value is 0.280. The number of ether oxygens (including phenoxy) is 1. The van der Waals surface area contributed by atoms with Gasteiger partial charge in [-0.05, 0) is 25.5 Å². The lowest BCUT2D eigenvalue weighted by atomic mass is 9.95. The second-order valence-corrected chi connectivity index (χ2v) is 7.02. The summed E-state index contributed by atoms with van der Waals surface area (Å²) < 4.78 is 5.45. The second-order valence-electron chi connectivity index (χ2n) is 5.92. The molecule has 2 atom stereocenters. The summed E-state index contributed by atoms with van der Waals surface area (Å²) in [7, 11) is 0. The van der Waals surface area contributed by atoms with E-state index in [0.717, 1.165) is 51.4 Å². The molecule has 0 aromatic carbocycles. The maximum Gasteiger partial charge on any atom is 0.220 e. The normalized spacial score (nSPS) is 26.6. The molecule has 5 nitrogen and oxygen atoms in total. The molecule has 0 aromatic rings. The van der Waals surface area contributed by atoms with Gasteiger partial charge in [0.15, 0.2) is 0 Å². The van der Waals surface area contributed by atoms with E-state index in [1.165, 1.54) is 5.75 Å². The van der Waals surface area contributed by atoms with Crippen LogP contribution in [-0.4, -0.2) is 66.7 Å². The number of nitrogens with two attached hydrogens (primary N) is 1. The van der Waals surface area contributed by atoms with Gasteiger partial charge in [0.1, 0.15) is 0 Å². The van der Waals surface area contributed by atoms with E-state index < -0.39 is 0 Å². The summed E-state index contributed by atoms with van der Waals surface area (Å²) in [5.41, 5.74) is 5.83. The number of hydrogen-bond donors (Lipinski definition) is 2. The van der Waals surface area contributed by atoms with Crippen LogP contribution in [0.4, 0.5) is 0 Å². The van der Waals surface area contributed by atoms with Gasteiger partial charge in [-0.15, -0.1) is 24.8 Å². The van der Waals surface area contributed by atoms with Crippen molar-refractivity contribution in [2.45, 2.75) is 37.8 Å². The molecule has 0 saturated carbocycles. The van der Waals surface area contributed by atoms with Gasteiger partial charge in [-0.25, -0.2) is 0 Å². The Bertz CT molecular complexity index is 323. The summed E-state index contributed by atoms with van der Waals surface area (Å²) in [6.45, 7) is 6.29. The third kappa shape index (κ3) is 6.42. The molecule has 0 aliphatic carbocycles. The molecule has 132 valence electrons. The van der Waals surface area contributed by atoms with E-state index >= 15 is 0 Å². The van der Waals surface area contributed by atoms with Crippen LogP contribution in [0.5, 0.6) is 0 Å². The van der Waals surface area contributed by atoms with Crippen molar-refractivity contribution < 1.29 is 9.53 Å². The Balaban J connectivity index is 0.00000220. The average molecular weight is 374 g/mol. The molecule has 0 radical (unpaired) electrons. The van der Waals surface area contributed by atoms with Crippen molar-refractivity contribution >= 4 is 42.5 Å². The molecule has 2 heterocycles. The van der Waals surface area contributed by atoms with Gasteiger partial charge in [-0.3, -0.25) is 9.69 Å². The van der Waals surface area contributed by atoms with Gasteiger partial charge in [0.05, 0.1) is 13.2 Å². The summed E-state index contributed by atoms with van der Waals surface area (Å²) in [6.07, 6.45) is 2.44. The van der Waals surface area contributed by atoms with Crippen LogP contribution in [0.2, 0.25) is 0 Å². The highest BCUT2D eigenvalue weighted by Crippen LogP contribution is 2.33. The van der Waals surface area contributed by atoms with Crippen LogP contribution in [0.1, 0.15) is 26.2 Å². The van der Waals surface area contributed by atoms with Gasteiger partial charge in [0.25, 0.3) is 0 Å². The molecule has 0 spiro atoms. The lowest BCUT2D eigenvalue weighted by Gasteiger charge is -2.43. The van der Waals surface area contributed by atoms with Gasteiger partial charge >= 0.3 is 0 Å². The first kappa shape index (κ1) is 22.3. The molecular formula is C14H29Cl2N3O2S. The molecule has 8 heteroatoms. The quantitative estimate of drug-likeness (QED) is 0.733. The number of rotatable bonds is 6. The second kappa shape index (κ2) is 10.9. The number of thioether (sulfide) groups is 1. The minimum Gasteiger partial charge on any atom is -0.379 e. The zero-order chi connectivity index (χ0) is 14.4. The fourth-order valence-electron chi connectivity index (χ4n) is 2.85. The van der Waals surface area contributed by atoms with Gasteiger partial charge in [-0.2, -0.15) is 11.8 Å². The minimum absolute atomic E-state index is 0. The van der Waals surface area contributed by atoms with Gasteiger partial charge in [0, 0.05) is 43.4 Å². The van der Waals surface area contributed by atoms with Gasteiger partial charge in [0.2, 0.25) is 5.91 Å². The summed E-state index contributed by atoms with van der Waals surface area (Å²) in [5, 5.41) is 3.13.